The first kappa shape index (κ1) is 19.7. The smallest absolute Gasteiger partial charge is 0.312 e. The second kappa shape index (κ2) is 10.4. The average Bonchev–Trinajstić information content (AvgIpc) is 2.67. The zero-order chi connectivity index (χ0) is 18.1. The highest BCUT2D eigenvalue weighted by atomic mass is 16.5. The molecule has 1 fully saturated rings. The van der Waals surface area contributed by atoms with E-state index in [9.17, 15) is 4.79 Å². The highest BCUT2D eigenvalue weighted by Crippen LogP contribution is 2.32. The Morgan fingerprint density at radius 1 is 1.12 bits per heavy atom. The van der Waals surface area contributed by atoms with E-state index in [1.807, 2.05) is 19.1 Å². The molecule has 0 amide bonds. The van der Waals surface area contributed by atoms with Gasteiger partial charge in [-0.1, -0.05) is 68.7 Å². The summed E-state index contributed by atoms with van der Waals surface area (Å²) in [4.78, 5) is 11.6. The third kappa shape index (κ3) is 6.32. The number of carbonyl (C=O) groups is 1. The Morgan fingerprint density at radius 3 is 2.44 bits per heavy atom. The number of benzene rings is 1. The standard InChI is InChI=1S/C22H32O3/c1-17(14-15-18(2)22(23)24-3)21(20-12-8-5-9-13-20)25-16-19-10-6-4-7-11-19/h4,6-7,10-11,14-15,17-18,20-21H,5,8-9,12-13,16H2,1-3H3/b15-14+/t17-,18+,21+/m1/s1. The first-order valence-corrected chi connectivity index (χ1v) is 9.53. The molecule has 3 nitrogen and oxygen atoms in total. The Morgan fingerprint density at radius 2 is 1.80 bits per heavy atom. The lowest BCUT2D eigenvalue weighted by Gasteiger charge is -2.33. The summed E-state index contributed by atoms with van der Waals surface area (Å²) in [5.41, 5.74) is 1.21. The highest BCUT2D eigenvalue weighted by molar-refractivity contribution is 5.73. The molecule has 1 aliphatic rings. The molecule has 0 heterocycles. The fraction of sp³-hybridized carbons (Fsp3) is 0.591. The van der Waals surface area contributed by atoms with Crippen LogP contribution < -0.4 is 0 Å². The van der Waals surface area contributed by atoms with E-state index in [0.717, 1.165) is 0 Å². The van der Waals surface area contributed by atoms with E-state index in [2.05, 4.69) is 37.3 Å². The molecule has 0 spiro atoms. The van der Waals surface area contributed by atoms with Crippen molar-refractivity contribution >= 4 is 5.97 Å². The molecule has 0 unspecified atom stereocenters. The number of esters is 1. The molecule has 1 saturated carbocycles. The van der Waals surface area contributed by atoms with Crippen LogP contribution in [0.2, 0.25) is 0 Å². The molecule has 1 aromatic rings. The van der Waals surface area contributed by atoms with E-state index in [1.165, 1.54) is 44.8 Å². The van der Waals surface area contributed by atoms with Crippen LogP contribution in [0.25, 0.3) is 0 Å². The van der Waals surface area contributed by atoms with Crippen LogP contribution in [0, 0.1) is 17.8 Å². The average molecular weight is 344 g/mol. The Hall–Kier alpha value is -1.61. The van der Waals surface area contributed by atoms with E-state index < -0.39 is 0 Å². The highest BCUT2D eigenvalue weighted by Gasteiger charge is 2.28. The van der Waals surface area contributed by atoms with Gasteiger partial charge in [-0.25, -0.2) is 0 Å². The normalized spacial score (nSPS) is 19.5. The molecule has 0 saturated heterocycles. The fourth-order valence-corrected chi connectivity index (χ4v) is 3.66. The van der Waals surface area contributed by atoms with Gasteiger partial charge in [0.2, 0.25) is 0 Å². The fourth-order valence-electron chi connectivity index (χ4n) is 3.66. The van der Waals surface area contributed by atoms with Crippen molar-refractivity contribution in [3.63, 3.8) is 0 Å². The summed E-state index contributed by atoms with van der Waals surface area (Å²) in [5, 5.41) is 0. The van der Waals surface area contributed by atoms with E-state index >= 15 is 0 Å². The molecule has 0 bridgehead atoms. The Labute approximate surface area is 152 Å². The minimum atomic E-state index is -0.214. The molecule has 3 atom stereocenters. The molecule has 3 heteroatoms. The topological polar surface area (TPSA) is 35.5 Å². The molecule has 0 N–H and O–H groups in total. The van der Waals surface area contributed by atoms with E-state index in [4.69, 9.17) is 9.47 Å². The van der Waals surface area contributed by atoms with Crippen molar-refractivity contribution in [2.24, 2.45) is 17.8 Å². The van der Waals surface area contributed by atoms with Gasteiger partial charge in [0.15, 0.2) is 0 Å². The predicted molar refractivity (Wildman–Crippen MR) is 101 cm³/mol. The van der Waals surface area contributed by atoms with Crippen LogP contribution in [0.5, 0.6) is 0 Å². The zero-order valence-corrected chi connectivity index (χ0v) is 15.8. The summed E-state index contributed by atoms with van der Waals surface area (Å²) in [6.07, 6.45) is 10.7. The Kier molecular flexibility index (Phi) is 8.20. The summed E-state index contributed by atoms with van der Waals surface area (Å²) in [5.74, 6) is 0.473. The van der Waals surface area contributed by atoms with Gasteiger partial charge in [-0.3, -0.25) is 4.79 Å². The van der Waals surface area contributed by atoms with Gasteiger partial charge in [0, 0.05) is 5.92 Å². The van der Waals surface area contributed by atoms with Crippen molar-refractivity contribution in [3.05, 3.63) is 48.0 Å². The molecule has 1 aromatic carbocycles. The van der Waals surface area contributed by atoms with Gasteiger partial charge in [0.1, 0.15) is 0 Å². The summed E-state index contributed by atoms with van der Waals surface area (Å²) >= 11 is 0. The zero-order valence-electron chi connectivity index (χ0n) is 15.8. The number of ether oxygens (including phenoxy) is 2. The van der Waals surface area contributed by atoms with Crippen molar-refractivity contribution in [3.8, 4) is 0 Å². The van der Waals surface area contributed by atoms with Gasteiger partial charge < -0.3 is 9.47 Å². The minimum absolute atomic E-state index is 0.192. The van der Waals surface area contributed by atoms with E-state index in [1.54, 1.807) is 0 Å². The van der Waals surface area contributed by atoms with Gasteiger partial charge in [-0.15, -0.1) is 0 Å². The maximum Gasteiger partial charge on any atom is 0.312 e. The van der Waals surface area contributed by atoms with Crippen LogP contribution in [0.4, 0.5) is 0 Å². The first-order chi connectivity index (χ1) is 12.1. The maximum atomic E-state index is 11.6. The largest absolute Gasteiger partial charge is 0.469 e. The lowest BCUT2D eigenvalue weighted by atomic mass is 9.80. The van der Waals surface area contributed by atoms with Crippen LogP contribution >= 0.6 is 0 Å². The third-order valence-corrected chi connectivity index (χ3v) is 5.19. The molecule has 0 aromatic heterocycles. The minimum Gasteiger partial charge on any atom is -0.469 e. The molecular formula is C22H32O3. The lowest BCUT2D eigenvalue weighted by molar-refractivity contribution is -0.143. The number of hydrogen-bond acceptors (Lipinski definition) is 3. The maximum absolute atomic E-state index is 11.6. The molecule has 0 aliphatic heterocycles. The summed E-state index contributed by atoms with van der Waals surface area (Å²) in [6, 6.07) is 10.3. The molecular weight excluding hydrogens is 312 g/mol. The number of hydrogen-bond donors (Lipinski definition) is 0. The molecule has 25 heavy (non-hydrogen) atoms. The van der Waals surface area contributed by atoms with Crippen LogP contribution in [0.15, 0.2) is 42.5 Å². The number of carbonyl (C=O) groups excluding carboxylic acids is 1. The lowest BCUT2D eigenvalue weighted by Crippen LogP contribution is -2.31. The van der Waals surface area contributed by atoms with Crippen LogP contribution in [0.3, 0.4) is 0 Å². The summed E-state index contributed by atoms with van der Waals surface area (Å²) in [6.45, 7) is 4.72. The number of rotatable bonds is 8. The molecule has 1 aliphatic carbocycles. The number of methoxy groups -OCH3 is 1. The monoisotopic (exact) mass is 344 g/mol. The van der Waals surface area contributed by atoms with Crippen LogP contribution in [-0.2, 0) is 20.9 Å². The quantitative estimate of drug-likeness (QED) is 0.483. The SMILES string of the molecule is COC(=O)[C@@H](C)/C=C/[C@@H](C)[C@H](OCc1ccccc1)C1CCCCC1. The molecule has 0 radical (unpaired) electrons. The second-order valence-electron chi connectivity index (χ2n) is 7.22. The summed E-state index contributed by atoms with van der Waals surface area (Å²) < 4.78 is 11.2. The Bertz CT molecular complexity index is 531. The van der Waals surface area contributed by atoms with Crippen molar-refractivity contribution in [2.75, 3.05) is 7.11 Å². The van der Waals surface area contributed by atoms with Crippen molar-refractivity contribution < 1.29 is 14.3 Å². The van der Waals surface area contributed by atoms with Gasteiger partial charge >= 0.3 is 5.97 Å². The Balaban J connectivity index is 2.01. The van der Waals surface area contributed by atoms with Crippen molar-refractivity contribution in [1.29, 1.82) is 0 Å². The summed E-state index contributed by atoms with van der Waals surface area (Å²) in [7, 11) is 1.43. The van der Waals surface area contributed by atoms with E-state index in [0.29, 0.717) is 12.5 Å². The first-order valence-electron chi connectivity index (χ1n) is 9.53. The second-order valence-corrected chi connectivity index (χ2v) is 7.22. The van der Waals surface area contributed by atoms with Gasteiger partial charge in [-0.2, -0.15) is 0 Å². The van der Waals surface area contributed by atoms with Crippen LogP contribution in [-0.4, -0.2) is 19.2 Å². The van der Waals surface area contributed by atoms with E-state index in [-0.39, 0.29) is 23.9 Å². The molecule has 2 rings (SSSR count). The van der Waals surface area contributed by atoms with Crippen molar-refractivity contribution in [2.45, 2.75) is 58.7 Å². The van der Waals surface area contributed by atoms with Gasteiger partial charge in [0.05, 0.1) is 25.7 Å². The molecule has 138 valence electrons. The van der Waals surface area contributed by atoms with Crippen LogP contribution in [0.1, 0.15) is 51.5 Å². The van der Waals surface area contributed by atoms with Gasteiger partial charge in [-0.05, 0) is 31.2 Å². The van der Waals surface area contributed by atoms with Gasteiger partial charge in [0.25, 0.3) is 0 Å². The predicted octanol–water partition coefficient (Wildman–Crippen LogP) is 5.15. The van der Waals surface area contributed by atoms with Crippen molar-refractivity contribution in [1.82, 2.24) is 0 Å². The third-order valence-electron chi connectivity index (χ3n) is 5.19.